The number of hydrogen-bond acceptors (Lipinski definition) is 3. The van der Waals surface area contributed by atoms with Crippen molar-refractivity contribution in [1.29, 1.82) is 0 Å². The van der Waals surface area contributed by atoms with Crippen LogP contribution in [0.1, 0.15) is 12.8 Å². The molecule has 0 amide bonds. The van der Waals surface area contributed by atoms with E-state index in [0.717, 1.165) is 12.8 Å². The topological polar surface area (TPSA) is 50.3 Å². The minimum Gasteiger partial charge on any atom is -0.262 e. The first-order valence-electron chi connectivity index (χ1n) is 5.58. The van der Waals surface area contributed by atoms with Crippen molar-refractivity contribution in [2.45, 2.75) is 17.7 Å². The van der Waals surface area contributed by atoms with Gasteiger partial charge in [0.2, 0.25) is 10.0 Å². The summed E-state index contributed by atoms with van der Waals surface area (Å²) in [6.07, 6.45) is 10.3. The largest absolute Gasteiger partial charge is 0.262 e. The van der Waals surface area contributed by atoms with Crippen LogP contribution in [-0.2, 0) is 10.0 Å². The van der Waals surface area contributed by atoms with Gasteiger partial charge in [-0.25, -0.2) is 8.42 Å². The van der Waals surface area contributed by atoms with Crippen molar-refractivity contribution in [1.82, 2.24) is 9.29 Å². The van der Waals surface area contributed by atoms with Crippen LogP contribution in [0.5, 0.6) is 0 Å². The summed E-state index contributed by atoms with van der Waals surface area (Å²) in [4.78, 5) is 4.06. The maximum Gasteiger partial charge on any atom is 0.245 e. The maximum atomic E-state index is 12.4. The summed E-state index contributed by atoms with van der Waals surface area (Å²) in [5, 5.41) is 0. The van der Waals surface area contributed by atoms with Gasteiger partial charge >= 0.3 is 0 Å². The van der Waals surface area contributed by atoms with Crippen molar-refractivity contribution in [3.05, 3.63) is 22.9 Å². The summed E-state index contributed by atoms with van der Waals surface area (Å²) in [5.74, 6) is 2.86. The Morgan fingerprint density at radius 2 is 2.22 bits per heavy atom. The summed E-state index contributed by atoms with van der Waals surface area (Å²) >= 11 is 3.22. The molecule has 0 N–H and O–H groups in total. The number of halogens is 1. The van der Waals surface area contributed by atoms with Gasteiger partial charge in [0.25, 0.3) is 0 Å². The number of rotatable bonds is 5. The molecule has 0 spiro atoms. The fraction of sp³-hybridized carbons (Fsp3) is 0.417. The molecule has 1 aliphatic rings. The van der Waals surface area contributed by atoms with E-state index in [1.807, 2.05) is 0 Å². The Hall–Kier alpha value is -0.900. The van der Waals surface area contributed by atoms with Crippen LogP contribution in [0.25, 0.3) is 0 Å². The number of nitrogens with zero attached hydrogens (tertiary/aromatic N) is 2. The monoisotopic (exact) mass is 328 g/mol. The zero-order valence-corrected chi connectivity index (χ0v) is 12.1. The Morgan fingerprint density at radius 3 is 2.78 bits per heavy atom. The SMILES string of the molecule is C#CCN(CC1CC1)S(=O)(=O)c1cncc(Br)c1. The molecular formula is C12H13BrN2O2S. The van der Waals surface area contributed by atoms with Crippen molar-refractivity contribution >= 4 is 26.0 Å². The molecule has 96 valence electrons. The molecule has 1 heterocycles. The summed E-state index contributed by atoms with van der Waals surface area (Å²) in [6, 6.07) is 1.54. The van der Waals surface area contributed by atoms with Gasteiger partial charge in [-0.1, -0.05) is 5.92 Å². The van der Waals surface area contributed by atoms with Crippen molar-refractivity contribution in [3.8, 4) is 12.3 Å². The van der Waals surface area contributed by atoms with E-state index in [9.17, 15) is 8.42 Å². The molecule has 6 heteroatoms. The van der Waals surface area contributed by atoms with Crippen LogP contribution in [0, 0.1) is 18.3 Å². The van der Waals surface area contributed by atoms with Crippen molar-refractivity contribution in [2.75, 3.05) is 13.1 Å². The van der Waals surface area contributed by atoms with E-state index in [0.29, 0.717) is 16.9 Å². The van der Waals surface area contributed by atoms with E-state index in [4.69, 9.17) is 6.42 Å². The van der Waals surface area contributed by atoms with E-state index in [2.05, 4.69) is 26.8 Å². The van der Waals surface area contributed by atoms with Crippen molar-refractivity contribution in [2.24, 2.45) is 5.92 Å². The van der Waals surface area contributed by atoms with Crippen molar-refractivity contribution in [3.63, 3.8) is 0 Å². The van der Waals surface area contributed by atoms with Crippen LogP contribution in [0.4, 0.5) is 0 Å². The number of pyridine rings is 1. The molecule has 0 atom stereocenters. The Kier molecular flexibility index (Phi) is 4.05. The molecule has 18 heavy (non-hydrogen) atoms. The number of aromatic nitrogens is 1. The zero-order valence-electron chi connectivity index (χ0n) is 9.71. The first kappa shape index (κ1) is 13.5. The zero-order chi connectivity index (χ0) is 13.2. The van der Waals surface area contributed by atoms with Crippen molar-refractivity contribution < 1.29 is 8.42 Å². The van der Waals surface area contributed by atoms with Crippen LogP contribution >= 0.6 is 15.9 Å². The molecule has 0 aliphatic heterocycles. The molecule has 1 fully saturated rings. The van der Waals surface area contributed by atoms with E-state index in [-0.39, 0.29) is 11.4 Å². The number of sulfonamides is 1. The third-order valence-electron chi connectivity index (χ3n) is 2.74. The predicted molar refractivity (Wildman–Crippen MR) is 72.3 cm³/mol. The van der Waals surface area contributed by atoms with Gasteiger partial charge in [-0.3, -0.25) is 4.98 Å². The molecule has 1 aromatic heterocycles. The van der Waals surface area contributed by atoms with E-state index in [1.165, 1.54) is 10.5 Å². The van der Waals surface area contributed by atoms with E-state index in [1.54, 1.807) is 12.3 Å². The molecular weight excluding hydrogens is 316 g/mol. The molecule has 0 radical (unpaired) electrons. The lowest BCUT2D eigenvalue weighted by molar-refractivity contribution is 0.430. The van der Waals surface area contributed by atoms with Gasteiger partial charge in [-0.2, -0.15) is 4.31 Å². The summed E-state index contributed by atoms with van der Waals surface area (Å²) < 4.78 is 26.8. The Labute approximate surface area is 116 Å². The third-order valence-corrected chi connectivity index (χ3v) is 4.95. The summed E-state index contributed by atoms with van der Waals surface area (Å²) in [5.41, 5.74) is 0. The second-order valence-electron chi connectivity index (χ2n) is 4.28. The molecule has 0 aromatic carbocycles. The molecule has 4 nitrogen and oxygen atoms in total. The second kappa shape index (κ2) is 5.39. The highest BCUT2D eigenvalue weighted by Gasteiger charge is 2.31. The Balaban J connectivity index is 2.29. The van der Waals surface area contributed by atoms with Crippen LogP contribution in [0.2, 0.25) is 0 Å². The van der Waals surface area contributed by atoms with Gasteiger partial charge in [0.15, 0.2) is 0 Å². The molecule has 0 saturated heterocycles. The highest BCUT2D eigenvalue weighted by molar-refractivity contribution is 9.10. The molecule has 1 aliphatic carbocycles. The number of hydrogen-bond donors (Lipinski definition) is 0. The lowest BCUT2D eigenvalue weighted by Crippen LogP contribution is -2.33. The van der Waals surface area contributed by atoms with Gasteiger partial charge in [-0.15, -0.1) is 6.42 Å². The second-order valence-corrected chi connectivity index (χ2v) is 7.14. The fourth-order valence-electron chi connectivity index (χ4n) is 1.62. The maximum absolute atomic E-state index is 12.4. The molecule has 0 unspecified atom stereocenters. The Bertz CT molecular complexity index is 576. The standard InChI is InChI=1S/C12H13BrN2O2S/c1-2-5-15(9-10-3-4-10)18(16,17)12-6-11(13)7-14-8-12/h1,6-8,10H,3-5,9H2. The van der Waals surface area contributed by atoms with Crippen LogP contribution < -0.4 is 0 Å². The molecule has 2 rings (SSSR count). The fourth-order valence-corrected chi connectivity index (χ4v) is 3.56. The normalized spacial score (nSPS) is 15.6. The lowest BCUT2D eigenvalue weighted by Gasteiger charge is -2.19. The minimum atomic E-state index is -3.54. The average Bonchev–Trinajstić information content (AvgIpc) is 3.12. The van der Waals surface area contributed by atoms with Gasteiger partial charge in [0.1, 0.15) is 4.90 Å². The van der Waals surface area contributed by atoms with Gasteiger partial charge in [0, 0.05) is 23.4 Å². The van der Waals surface area contributed by atoms with Crippen LogP contribution in [-0.4, -0.2) is 30.8 Å². The quantitative estimate of drug-likeness (QED) is 0.775. The smallest absolute Gasteiger partial charge is 0.245 e. The highest BCUT2D eigenvalue weighted by atomic mass is 79.9. The van der Waals surface area contributed by atoms with E-state index >= 15 is 0 Å². The lowest BCUT2D eigenvalue weighted by atomic mass is 10.4. The average molecular weight is 329 g/mol. The van der Waals surface area contributed by atoms with E-state index < -0.39 is 10.0 Å². The highest BCUT2D eigenvalue weighted by Crippen LogP contribution is 2.31. The third kappa shape index (κ3) is 3.10. The van der Waals surface area contributed by atoms with Gasteiger partial charge in [-0.05, 0) is 40.8 Å². The minimum absolute atomic E-state index is 0.103. The molecule has 1 saturated carbocycles. The first-order valence-corrected chi connectivity index (χ1v) is 7.81. The Morgan fingerprint density at radius 1 is 1.50 bits per heavy atom. The number of terminal acetylenes is 1. The van der Waals surface area contributed by atoms with Gasteiger partial charge in [0.05, 0.1) is 6.54 Å². The summed E-state index contributed by atoms with van der Waals surface area (Å²) in [6.45, 7) is 0.602. The molecule has 1 aromatic rings. The molecule has 0 bridgehead atoms. The van der Waals surface area contributed by atoms with Crippen LogP contribution in [0.3, 0.4) is 0 Å². The van der Waals surface area contributed by atoms with Crippen LogP contribution in [0.15, 0.2) is 27.8 Å². The predicted octanol–water partition coefficient (Wildman–Crippen LogP) is 1.88. The summed E-state index contributed by atoms with van der Waals surface area (Å²) in [7, 11) is -3.54. The first-order chi connectivity index (χ1) is 8.54. The van der Waals surface area contributed by atoms with Gasteiger partial charge < -0.3 is 0 Å².